The average molecular weight is 874 g/mol. The average Bonchev–Trinajstić information content (AvgIpc) is 3.34. The molecule has 0 amide bonds. The van der Waals surface area contributed by atoms with Crippen LogP contribution in [0, 0.1) is 11.8 Å². The van der Waals surface area contributed by atoms with Gasteiger partial charge < -0.3 is 28.6 Å². The highest BCUT2D eigenvalue weighted by atomic mass is 16.5. The highest BCUT2D eigenvalue weighted by Gasteiger charge is 2.22. The minimum Gasteiger partial charge on any atom is -0.379 e. The van der Waals surface area contributed by atoms with Crippen LogP contribution in [0.15, 0.2) is 30.3 Å². The second kappa shape index (κ2) is 37.8. The number of nitrogens with zero attached hydrogens (tertiary/aromatic N) is 5. The number of rotatable bonds is 17. The molecule has 0 radical (unpaired) electrons. The molecule has 1 aromatic rings. The van der Waals surface area contributed by atoms with E-state index >= 15 is 0 Å². The maximum atomic E-state index is 5.35. The zero-order valence-electron chi connectivity index (χ0n) is 41.3. The molecule has 0 aromatic heterocycles. The van der Waals surface area contributed by atoms with Crippen LogP contribution in [0.4, 0.5) is 5.69 Å². The van der Waals surface area contributed by atoms with E-state index in [1.807, 2.05) is 6.07 Å². The maximum absolute atomic E-state index is 5.35. The van der Waals surface area contributed by atoms with Gasteiger partial charge in [0.15, 0.2) is 0 Å². The van der Waals surface area contributed by atoms with Crippen molar-refractivity contribution >= 4 is 5.69 Å². The number of hydrogen-bond acceptors (Lipinski definition) is 10. The van der Waals surface area contributed by atoms with E-state index in [2.05, 4.69) is 83.4 Å². The van der Waals surface area contributed by atoms with Gasteiger partial charge in [-0.3, -0.25) is 19.6 Å². The molecular weight excluding hydrogens is 775 g/mol. The molecule has 362 valence electrons. The van der Waals surface area contributed by atoms with Gasteiger partial charge >= 0.3 is 0 Å². The number of morpholine rings is 5. The van der Waals surface area contributed by atoms with Crippen molar-refractivity contribution in [3.05, 3.63) is 30.3 Å². The summed E-state index contributed by atoms with van der Waals surface area (Å²) in [7, 11) is 0. The molecule has 0 N–H and O–H groups in total. The Hall–Kier alpha value is -1.34. The van der Waals surface area contributed by atoms with Crippen LogP contribution >= 0.6 is 0 Å². The van der Waals surface area contributed by atoms with Crippen molar-refractivity contribution in [3.8, 4) is 0 Å². The molecular formula is C52H99N5O5. The van der Waals surface area contributed by atoms with E-state index < -0.39 is 0 Å². The van der Waals surface area contributed by atoms with Crippen molar-refractivity contribution in [1.29, 1.82) is 0 Å². The molecule has 5 saturated heterocycles. The lowest BCUT2D eigenvalue weighted by Gasteiger charge is -2.36. The van der Waals surface area contributed by atoms with Crippen LogP contribution in [-0.4, -0.2) is 177 Å². The molecule has 5 aliphatic heterocycles. The lowest BCUT2D eigenvalue weighted by molar-refractivity contribution is 0.00858. The Morgan fingerprint density at radius 1 is 0.500 bits per heavy atom. The van der Waals surface area contributed by atoms with Gasteiger partial charge in [-0.2, -0.15) is 0 Å². The van der Waals surface area contributed by atoms with E-state index in [-0.39, 0.29) is 0 Å². The monoisotopic (exact) mass is 874 g/mol. The summed E-state index contributed by atoms with van der Waals surface area (Å²) in [6, 6.07) is 11.4. The van der Waals surface area contributed by atoms with Gasteiger partial charge in [-0.05, 0) is 56.2 Å². The summed E-state index contributed by atoms with van der Waals surface area (Å²) < 4.78 is 26.5. The third kappa shape index (κ3) is 27.2. The van der Waals surface area contributed by atoms with Crippen molar-refractivity contribution in [1.82, 2.24) is 19.6 Å². The summed E-state index contributed by atoms with van der Waals surface area (Å²) in [5.74, 6) is 1.70. The minimum atomic E-state index is 0.790. The zero-order chi connectivity index (χ0) is 44.1. The number of unbranched alkanes of at least 4 members (excludes halogenated alkanes) is 6. The molecule has 0 spiro atoms. The van der Waals surface area contributed by atoms with E-state index in [1.54, 1.807) is 0 Å². The fourth-order valence-electron chi connectivity index (χ4n) is 9.16. The summed E-state index contributed by atoms with van der Waals surface area (Å²) in [5, 5.41) is 0. The number of ether oxygens (including phenoxy) is 5. The van der Waals surface area contributed by atoms with Gasteiger partial charge in [-0.1, -0.05) is 123 Å². The summed E-state index contributed by atoms with van der Waals surface area (Å²) in [6.07, 6.45) is 21.1. The van der Waals surface area contributed by atoms with E-state index in [1.165, 1.54) is 135 Å². The standard InChI is InChI=1S/2C12H25NO.C10H19NO.C10H13NO.C8H17NO/c1-3-5-6-12(4-2)11-13-7-9-14-10-8-13;1-2-3-4-5-6-7-8-13-9-11-14-12-10-13;2*1-2-4-10(5-3-1)11-6-8-12-9-7-11;1-8(2)7-9-3-5-10-6-4-9/h12H,3-11H2,1-2H3;2-12H2,1H3;10H,1-9H2;1-5H,6-9H2;8H,3-7H2,1-2H3. The first kappa shape index (κ1) is 55.0. The van der Waals surface area contributed by atoms with E-state index in [4.69, 9.17) is 23.7 Å². The molecule has 10 heteroatoms. The predicted molar refractivity (Wildman–Crippen MR) is 262 cm³/mol. The minimum absolute atomic E-state index is 0.790. The molecule has 7 rings (SSSR count). The summed E-state index contributed by atoms with van der Waals surface area (Å²) in [6.45, 7) is 35.6. The SMILES string of the molecule is C1CCC(N2CCOCC2)CC1.CC(C)CN1CCOCC1.CCCCC(CC)CN1CCOCC1.CCCCCCCCN1CCOCC1.c1ccc(N2CCOCC2)cc1. The Bertz CT molecular complexity index is 1070. The van der Waals surface area contributed by atoms with Crippen LogP contribution in [0.25, 0.3) is 0 Å². The Morgan fingerprint density at radius 3 is 1.48 bits per heavy atom. The van der Waals surface area contributed by atoms with E-state index in [9.17, 15) is 0 Å². The summed E-state index contributed by atoms with van der Waals surface area (Å²) in [4.78, 5) is 12.5. The topological polar surface area (TPSA) is 62.3 Å². The molecule has 1 saturated carbocycles. The van der Waals surface area contributed by atoms with E-state index in [0.717, 1.165) is 136 Å². The fraction of sp³-hybridized carbons (Fsp3) is 0.885. The first-order chi connectivity index (χ1) is 30.5. The van der Waals surface area contributed by atoms with Crippen molar-refractivity contribution in [2.75, 3.05) is 156 Å². The summed E-state index contributed by atoms with van der Waals surface area (Å²) in [5.41, 5.74) is 1.31. The number of anilines is 1. The highest BCUT2D eigenvalue weighted by molar-refractivity contribution is 5.46. The Balaban J connectivity index is 0.000000207. The van der Waals surface area contributed by atoms with Gasteiger partial charge in [0.25, 0.3) is 0 Å². The van der Waals surface area contributed by atoms with Crippen molar-refractivity contribution in [3.63, 3.8) is 0 Å². The van der Waals surface area contributed by atoms with Gasteiger partial charge in [-0.25, -0.2) is 0 Å². The van der Waals surface area contributed by atoms with Gasteiger partial charge in [0, 0.05) is 90.3 Å². The lowest BCUT2D eigenvalue weighted by Crippen LogP contribution is -2.44. The number of hydrogen-bond donors (Lipinski definition) is 0. The first-order valence-corrected chi connectivity index (χ1v) is 26.1. The van der Waals surface area contributed by atoms with Gasteiger partial charge in [0.1, 0.15) is 0 Å². The van der Waals surface area contributed by atoms with Gasteiger partial charge in [0.05, 0.1) is 66.1 Å². The van der Waals surface area contributed by atoms with Crippen LogP contribution in [0.5, 0.6) is 0 Å². The fourth-order valence-corrected chi connectivity index (χ4v) is 9.16. The Morgan fingerprint density at radius 2 is 0.968 bits per heavy atom. The Kier molecular flexibility index (Phi) is 33.6. The molecule has 62 heavy (non-hydrogen) atoms. The smallest absolute Gasteiger partial charge is 0.0642 e. The van der Waals surface area contributed by atoms with Gasteiger partial charge in [-0.15, -0.1) is 0 Å². The molecule has 1 aliphatic carbocycles. The van der Waals surface area contributed by atoms with Crippen LogP contribution in [-0.2, 0) is 23.7 Å². The molecule has 10 nitrogen and oxygen atoms in total. The number of para-hydroxylation sites is 1. The van der Waals surface area contributed by atoms with Crippen LogP contribution < -0.4 is 4.90 Å². The van der Waals surface area contributed by atoms with Crippen LogP contribution in [0.2, 0.25) is 0 Å². The predicted octanol–water partition coefficient (Wildman–Crippen LogP) is 9.36. The van der Waals surface area contributed by atoms with Crippen LogP contribution in [0.1, 0.15) is 131 Å². The molecule has 5 heterocycles. The van der Waals surface area contributed by atoms with Crippen molar-refractivity contribution in [2.24, 2.45) is 11.8 Å². The van der Waals surface area contributed by atoms with Crippen molar-refractivity contribution < 1.29 is 23.7 Å². The number of benzene rings is 1. The maximum Gasteiger partial charge on any atom is 0.0642 e. The van der Waals surface area contributed by atoms with E-state index in [0.29, 0.717) is 0 Å². The first-order valence-electron chi connectivity index (χ1n) is 26.1. The Labute approximate surface area is 383 Å². The normalized spacial score (nSPS) is 21.5. The molecule has 1 aromatic carbocycles. The quantitative estimate of drug-likeness (QED) is 0.142. The second-order valence-electron chi connectivity index (χ2n) is 18.7. The molecule has 1 atom stereocenters. The highest BCUT2D eigenvalue weighted by Crippen LogP contribution is 2.23. The van der Waals surface area contributed by atoms with Crippen LogP contribution in [0.3, 0.4) is 0 Å². The third-order valence-electron chi connectivity index (χ3n) is 13.1. The van der Waals surface area contributed by atoms with Crippen molar-refractivity contribution in [2.45, 2.75) is 137 Å². The lowest BCUT2D eigenvalue weighted by atomic mass is 9.94. The third-order valence-corrected chi connectivity index (χ3v) is 13.1. The molecule has 6 fully saturated rings. The second-order valence-corrected chi connectivity index (χ2v) is 18.7. The summed E-state index contributed by atoms with van der Waals surface area (Å²) >= 11 is 0. The zero-order valence-corrected chi connectivity index (χ0v) is 41.3. The largest absolute Gasteiger partial charge is 0.379 e. The van der Waals surface area contributed by atoms with Gasteiger partial charge in [0.2, 0.25) is 0 Å². The molecule has 1 unspecified atom stereocenters. The molecule has 0 bridgehead atoms. The molecule has 6 aliphatic rings.